The summed E-state index contributed by atoms with van der Waals surface area (Å²) in [6.45, 7) is 0. The van der Waals surface area contributed by atoms with E-state index in [2.05, 4.69) is 10.2 Å². The highest BCUT2D eigenvalue weighted by atomic mass is 35.5. The summed E-state index contributed by atoms with van der Waals surface area (Å²) >= 11 is 5.94. The number of aromatic nitrogens is 2. The third kappa shape index (κ3) is 2.35. The molecule has 0 saturated heterocycles. The predicted octanol–water partition coefficient (Wildman–Crippen LogP) is 2.50. The number of nitrogen functional groups attached to an aromatic ring is 1. The van der Waals surface area contributed by atoms with E-state index in [1.54, 1.807) is 30.5 Å². The molecule has 0 aliphatic rings. The lowest BCUT2D eigenvalue weighted by Crippen LogP contribution is -1.89. The topological polar surface area (TPSA) is 61.0 Å². The van der Waals surface area contributed by atoms with Crippen molar-refractivity contribution in [2.75, 3.05) is 5.73 Å². The van der Waals surface area contributed by atoms with Gasteiger partial charge in [-0.1, -0.05) is 11.6 Å². The van der Waals surface area contributed by atoms with Gasteiger partial charge in [-0.2, -0.15) is 10.2 Å². The molecule has 0 fully saturated rings. The summed E-state index contributed by atoms with van der Waals surface area (Å²) in [4.78, 5) is 0. The minimum absolute atomic E-state index is 0.465. The summed E-state index contributed by atoms with van der Waals surface area (Å²) < 4.78 is 5.47. The lowest BCUT2D eigenvalue weighted by Gasteiger charge is -2.06. The molecule has 15 heavy (non-hydrogen) atoms. The first-order valence-corrected chi connectivity index (χ1v) is 4.63. The van der Waals surface area contributed by atoms with Crippen LogP contribution in [0.4, 0.5) is 5.69 Å². The Balaban J connectivity index is 2.25. The van der Waals surface area contributed by atoms with E-state index in [-0.39, 0.29) is 0 Å². The average molecular weight is 222 g/mol. The van der Waals surface area contributed by atoms with Crippen molar-refractivity contribution < 1.29 is 4.74 Å². The third-order valence-electron chi connectivity index (χ3n) is 1.74. The standard InChI is InChI=1S/C10H8ClN3O/c11-9-5-7(12)1-2-10(9)15-8-3-4-13-14-6-8/h1-6H,12H2. The largest absolute Gasteiger partial charge is 0.454 e. The van der Waals surface area contributed by atoms with Crippen LogP contribution >= 0.6 is 11.6 Å². The van der Waals surface area contributed by atoms with Crippen molar-refractivity contribution in [3.05, 3.63) is 41.7 Å². The molecule has 0 saturated carbocycles. The second-order valence-electron chi connectivity index (χ2n) is 2.87. The maximum absolute atomic E-state index is 5.94. The zero-order chi connectivity index (χ0) is 10.7. The third-order valence-corrected chi connectivity index (χ3v) is 2.04. The van der Waals surface area contributed by atoms with E-state index in [0.717, 1.165) is 0 Å². The van der Waals surface area contributed by atoms with Crippen LogP contribution in [0.15, 0.2) is 36.7 Å². The molecule has 0 radical (unpaired) electrons. The van der Waals surface area contributed by atoms with Crippen LogP contribution in [0.3, 0.4) is 0 Å². The van der Waals surface area contributed by atoms with Crippen LogP contribution in [0.1, 0.15) is 0 Å². The summed E-state index contributed by atoms with van der Waals surface area (Å²) in [5.74, 6) is 1.12. The summed E-state index contributed by atoms with van der Waals surface area (Å²) in [7, 11) is 0. The minimum atomic E-state index is 0.465. The first-order valence-electron chi connectivity index (χ1n) is 4.25. The predicted molar refractivity (Wildman–Crippen MR) is 58.0 cm³/mol. The van der Waals surface area contributed by atoms with Gasteiger partial charge in [0.1, 0.15) is 11.5 Å². The number of hydrogen-bond donors (Lipinski definition) is 1. The van der Waals surface area contributed by atoms with E-state index in [0.29, 0.717) is 22.2 Å². The van der Waals surface area contributed by atoms with Crippen LogP contribution in [0.5, 0.6) is 11.5 Å². The number of halogens is 1. The molecule has 2 rings (SSSR count). The van der Waals surface area contributed by atoms with Gasteiger partial charge in [-0.3, -0.25) is 0 Å². The Hall–Kier alpha value is -1.81. The summed E-state index contributed by atoms with van der Waals surface area (Å²) in [5, 5.41) is 7.79. The van der Waals surface area contributed by atoms with Crippen molar-refractivity contribution in [3.8, 4) is 11.5 Å². The smallest absolute Gasteiger partial charge is 0.149 e. The molecule has 0 amide bonds. The van der Waals surface area contributed by atoms with Gasteiger partial charge in [-0.05, 0) is 18.2 Å². The number of nitrogens with zero attached hydrogens (tertiary/aromatic N) is 2. The van der Waals surface area contributed by atoms with Crippen LogP contribution < -0.4 is 10.5 Å². The molecule has 1 aromatic carbocycles. The highest BCUT2D eigenvalue weighted by Gasteiger charge is 2.03. The normalized spacial score (nSPS) is 9.93. The van der Waals surface area contributed by atoms with Crippen molar-refractivity contribution in [2.24, 2.45) is 0 Å². The number of hydrogen-bond acceptors (Lipinski definition) is 4. The molecular weight excluding hydrogens is 214 g/mol. The Morgan fingerprint density at radius 2 is 2.07 bits per heavy atom. The molecule has 0 aliphatic heterocycles. The van der Waals surface area contributed by atoms with Crippen molar-refractivity contribution in [1.29, 1.82) is 0 Å². The average Bonchev–Trinajstić information content (AvgIpc) is 2.24. The van der Waals surface area contributed by atoms with Crippen molar-refractivity contribution in [2.45, 2.75) is 0 Å². The van der Waals surface area contributed by atoms with Crippen LogP contribution in [-0.2, 0) is 0 Å². The van der Waals surface area contributed by atoms with E-state index in [4.69, 9.17) is 22.1 Å². The molecule has 76 valence electrons. The van der Waals surface area contributed by atoms with E-state index in [1.807, 2.05) is 0 Å². The molecule has 0 bridgehead atoms. The molecule has 0 atom stereocenters. The molecule has 0 aliphatic carbocycles. The summed E-state index contributed by atoms with van der Waals surface area (Å²) in [6.07, 6.45) is 3.05. The Morgan fingerprint density at radius 3 is 2.73 bits per heavy atom. The lowest BCUT2D eigenvalue weighted by atomic mass is 10.3. The van der Waals surface area contributed by atoms with Gasteiger partial charge in [0.05, 0.1) is 17.4 Å². The van der Waals surface area contributed by atoms with E-state index >= 15 is 0 Å². The van der Waals surface area contributed by atoms with Gasteiger partial charge in [0.25, 0.3) is 0 Å². The monoisotopic (exact) mass is 221 g/mol. The molecule has 0 spiro atoms. The Bertz CT molecular complexity index is 461. The maximum Gasteiger partial charge on any atom is 0.149 e. The number of benzene rings is 1. The number of nitrogens with two attached hydrogens (primary N) is 1. The van der Waals surface area contributed by atoms with Crippen LogP contribution in [0.25, 0.3) is 0 Å². The molecule has 1 heterocycles. The zero-order valence-corrected chi connectivity index (χ0v) is 8.48. The maximum atomic E-state index is 5.94. The Labute approximate surface area is 91.7 Å². The van der Waals surface area contributed by atoms with Gasteiger partial charge in [-0.15, -0.1) is 0 Å². The fourth-order valence-electron chi connectivity index (χ4n) is 1.07. The van der Waals surface area contributed by atoms with Crippen LogP contribution in [0, 0.1) is 0 Å². The van der Waals surface area contributed by atoms with Gasteiger partial charge in [0, 0.05) is 11.8 Å². The van der Waals surface area contributed by atoms with Crippen LogP contribution in [0.2, 0.25) is 5.02 Å². The molecular formula is C10H8ClN3O. The lowest BCUT2D eigenvalue weighted by molar-refractivity contribution is 0.478. The SMILES string of the molecule is Nc1ccc(Oc2ccnnc2)c(Cl)c1. The van der Waals surface area contributed by atoms with E-state index in [1.165, 1.54) is 6.20 Å². The molecule has 1 aromatic heterocycles. The van der Waals surface area contributed by atoms with Crippen molar-refractivity contribution in [1.82, 2.24) is 10.2 Å². The van der Waals surface area contributed by atoms with Gasteiger partial charge < -0.3 is 10.5 Å². The van der Waals surface area contributed by atoms with E-state index in [9.17, 15) is 0 Å². The van der Waals surface area contributed by atoms with Crippen molar-refractivity contribution >= 4 is 17.3 Å². The minimum Gasteiger partial charge on any atom is -0.454 e. The second-order valence-corrected chi connectivity index (χ2v) is 3.28. The Morgan fingerprint density at radius 1 is 1.20 bits per heavy atom. The molecule has 4 nitrogen and oxygen atoms in total. The zero-order valence-electron chi connectivity index (χ0n) is 7.72. The second kappa shape index (κ2) is 4.14. The quantitative estimate of drug-likeness (QED) is 0.792. The highest BCUT2D eigenvalue weighted by Crippen LogP contribution is 2.30. The van der Waals surface area contributed by atoms with Crippen molar-refractivity contribution in [3.63, 3.8) is 0 Å². The number of rotatable bonds is 2. The molecule has 2 aromatic rings. The number of anilines is 1. The molecule has 5 heteroatoms. The van der Waals surface area contributed by atoms with Gasteiger partial charge in [-0.25, -0.2) is 0 Å². The van der Waals surface area contributed by atoms with E-state index < -0.39 is 0 Å². The van der Waals surface area contributed by atoms with Crippen LogP contribution in [-0.4, -0.2) is 10.2 Å². The summed E-state index contributed by atoms with van der Waals surface area (Å²) in [5.41, 5.74) is 6.16. The van der Waals surface area contributed by atoms with Gasteiger partial charge >= 0.3 is 0 Å². The fraction of sp³-hybridized carbons (Fsp3) is 0. The first-order chi connectivity index (χ1) is 7.25. The Kier molecular flexibility index (Phi) is 2.69. The first kappa shape index (κ1) is 9.73. The highest BCUT2D eigenvalue weighted by molar-refractivity contribution is 6.32. The number of ether oxygens (including phenoxy) is 1. The van der Waals surface area contributed by atoms with Gasteiger partial charge in [0.2, 0.25) is 0 Å². The fourth-order valence-corrected chi connectivity index (χ4v) is 1.29. The van der Waals surface area contributed by atoms with Gasteiger partial charge in [0.15, 0.2) is 0 Å². The molecule has 0 unspecified atom stereocenters. The summed E-state index contributed by atoms with van der Waals surface area (Å²) in [6, 6.07) is 6.75. The molecule has 2 N–H and O–H groups in total.